The molecule has 7 heteroatoms. The van der Waals surface area contributed by atoms with Crippen LogP contribution in [0, 0.1) is 0 Å². The normalized spacial score (nSPS) is 24.8. The molecular formula is C17H27N5O2. The van der Waals surface area contributed by atoms with Crippen LogP contribution in [0.15, 0.2) is 24.0 Å². The summed E-state index contributed by atoms with van der Waals surface area (Å²) in [7, 11) is 0. The summed E-state index contributed by atoms with van der Waals surface area (Å²) in [5.41, 5.74) is 0.644. The van der Waals surface area contributed by atoms with Crippen molar-refractivity contribution in [3.8, 4) is 0 Å². The molecule has 0 aromatic carbocycles. The Morgan fingerprint density at radius 1 is 1.42 bits per heavy atom. The molecule has 1 aliphatic heterocycles. The molecule has 7 nitrogen and oxygen atoms in total. The maximum Gasteiger partial charge on any atom is 0.234 e. The Morgan fingerprint density at radius 2 is 2.33 bits per heavy atom. The molecule has 0 bridgehead atoms. The number of allylic oxidation sites excluding steroid dienone is 1. The number of amides is 1. The van der Waals surface area contributed by atoms with Crippen molar-refractivity contribution in [1.29, 1.82) is 0 Å². The van der Waals surface area contributed by atoms with Crippen LogP contribution in [-0.2, 0) is 11.3 Å². The minimum atomic E-state index is -0.832. The molecule has 132 valence electrons. The summed E-state index contributed by atoms with van der Waals surface area (Å²) in [5.74, 6) is 0.0383. The van der Waals surface area contributed by atoms with Crippen LogP contribution in [0.3, 0.4) is 0 Å². The zero-order chi connectivity index (χ0) is 16.8. The second kappa shape index (κ2) is 7.90. The van der Waals surface area contributed by atoms with Gasteiger partial charge in [-0.1, -0.05) is 16.9 Å². The molecule has 2 heterocycles. The number of rotatable bonds is 7. The van der Waals surface area contributed by atoms with Crippen LogP contribution in [0.2, 0.25) is 0 Å². The van der Waals surface area contributed by atoms with Crippen LogP contribution in [0.5, 0.6) is 0 Å². The van der Waals surface area contributed by atoms with E-state index in [1.54, 1.807) is 17.1 Å². The van der Waals surface area contributed by atoms with Gasteiger partial charge >= 0.3 is 0 Å². The maximum absolute atomic E-state index is 12.1. The molecule has 1 aliphatic carbocycles. The van der Waals surface area contributed by atoms with E-state index in [0.717, 1.165) is 13.0 Å². The molecule has 1 fully saturated rings. The highest BCUT2D eigenvalue weighted by atomic mass is 16.3. The van der Waals surface area contributed by atoms with Crippen molar-refractivity contribution in [1.82, 2.24) is 25.2 Å². The smallest absolute Gasteiger partial charge is 0.234 e. The molecule has 3 rings (SSSR count). The summed E-state index contributed by atoms with van der Waals surface area (Å²) in [6.45, 7) is 2.69. The van der Waals surface area contributed by atoms with Gasteiger partial charge in [-0.2, -0.15) is 0 Å². The first-order valence-electron chi connectivity index (χ1n) is 8.86. The summed E-state index contributed by atoms with van der Waals surface area (Å²) in [6.07, 6.45) is 12.2. The minimum Gasteiger partial charge on any atom is -0.387 e. The predicted octanol–water partition coefficient (Wildman–Crippen LogP) is 0.722. The van der Waals surface area contributed by atoms with Crippen molar-refractivity contribution in [3.05, 3.63) is 24.0 Å². The Hall–Kier alpha value is -1.73. The summed E-state index contributed by atoms with van der Waals surface area (Å²) in [6, 6.07) is 0. The Bertz CT molecular complexity index is 572. The molecule has 1 aromatic heterocycles. The molecule has 0 spiro atoms. The molecule has 2 N–H and O–H groups in total. The van der Waals surface area contributed by atoms with Crippen molar-refractivity contribution in [3.63, 3.8) is 0 Å². The van der Waals surface area contributed by atoms with Crippen LogP contribution in [0.25, 0.3) is 0 Å². The van der Waals surface area contributed by atoms with E-state index in [4.69, 9.17) is 0 Å². The van der Waals surface area contributed by atoms with Crippen LogP contribution < -0.4 is 5.32 Å². The Balaban J connectivity index is 1.37. The Kier molecular flexibility index (Phi) is 5.63. The molecule has 1 unspecified atom stereocenters. The van der Waals surface area contributed by atoms with E-state index < -0.39 is 5.60 Å². The third-order valence-corrected chi connectivity index (χ3v) is 4.86. The average molecular weight is 333 g/mol. The summed E-state index contributed by atoms with van der Waals surface area (Å²) >= 11 is 0. The molecule has 0 radical (unpaired) electrons. The lowest BCUT2D eigenvalue weighted by molar-refractivity contribution is -0.122. The fourth-order valence-electron chi connectivity index (χ4n) is 3.58. The van der Waals surface area contributed by atoms with E-state index in [2.05, 4.69) is 21.7 Å². The van der Waals surface area contributed by atoms with Gasteiger partial charge in [0.25, 0.3) is 0 Å². The summed E-state index contributed by atoms with van der Waals surface area (Å²) < 4.78 is 1.64. The first-order chi connectivity index (χ1) is 11.6. The van der Waals surface area contributed by atoms with Gasteiger partial charge in [-0.15, -0.1) is 5.10 Å². The minimum absolute atomic E-state index is 0.0383. The standard InChI is InChI=1S/C17H27N5O2/c23-16(18-8-6-15-4-2-1-3-5-15)12-21-10-7-17(24,13-21)14-22-11-9-19-20-22/h4,9,11,24H,1-3,5-8,10,12-14H2,(H,18,23). The fraction of sp³-hybridized carbons (Fsp3) is 0.706. The topological polar surface area (TPSA) is 83.3 Å². The van der Waals surface area contributed by atoms with Gasteiger partial charge in [-0.3, -0.25) is 9.69 Å². The first-order valence-corrected chi connectivity index (χ1v) is 8.86. The molecule has 2 aliphatic rings. The van der Waals surface area contributed by atoms with Crippen molar-refractivity contribution in [2.75, 3.05) is 26.2 Å². The number of aliphatic hydroxyl groups is 1. The van der Waals surface area contributed by atoms with Crippen LogP contribution >= 0.6 is 0 Å². The number of aromatic nitrogens is 3. The summed E-state index contributed by atoms with van der Waals surface area (Å²) in [5, 5.41) is 21.3. The van der Waals surface area contributed by atoms with Crippen LogP contribution in [-0.4, -0.2) is 62.7 Å². The number of hydrogen-bond acceptors (Lipinski definition) is 5. The highest BCUT2D eigenvalue weighted by Crippen LogP contribution is 2.22. The van der Waals surface area contributed by atoms with Crippen molar-refractivity contribution in [2.24, 2.45) is 0 Å². The lowest BCUT2D eigenvalue weighted by atomic mass is 9.97. The highest BCUT2D eigenvalue weighted by Gasteiger charge is 2.37. The van der Waals surface area contributed by atoms with E-state index in [-0.39, 0.29) is 5.91 Å². The first kappa shape index (κ1) is 17.1. The van der Waals surface area contributed by atoms with Crippen molar-refractivity contribution in [2.45, 2.75) is 50.7 Å². The Labute approximate surface area is 142 Å². The monoisotopic (exact) mass is 333 g/mol. The number of likely N-dealkylation sites (tertiary alicyclic amines) is 1. The molecular weight excluding hydrogens is 306 g/mol. The molecule has 1 saturated heterocycles. The molecule has 1 amide bonds. The largest absolute Gasteiger partial charge is 0.387 e. The second-order valence-corrected chi connectivity index (χ2v) is 6.99. The lowest BCUT2D eigenvalue weighted by Crippen LogP contribution is -2.41. The van der Waals surface area contributed by atoms with Gasteiger partial charge in [-0.05, 0) is 38.5 Å². The number of carbonyl (C=O) groups excluding carboxylic acids is 1. The summed E-state index contributed by atoms with van der Waals surface area (Å²) in [4.78, 5) is 14.1. The third kappa shape index (κ3) is 4.88. The van der Waals surface area contributed by atoms with Gasteiger partial charge in [0.15, 0.2) is 0 Å². The lowest BCUT2D eigenvalue weighted by Gasteiger charge is -2.23. The second-order valence-electron chi connectivity index (χ2n) is 6.99. The number of carbonyl (C=O) groups is 1. The maximum atomic E-state index is 12.1. The molecule has 24 heavy (non-hydrogen) atoms. The third-order valence-electron chi connectivity index (χ3n) is 4.86. The predicted molar refractivity (Wildman–Crippen MR) is 90.2 cm³/mol. The van der Waals surface area contributed by atoms with Crippen molar-refractivity contribution < 1.29 is 9.90 Å². The van der Waals surface area contributed by atoms with Crippen LogP contribution in [0.4, 0.5) is 0 Å². The Morgan fingerprint density at radius 3 is 3.08 bits per heavy atom. The number of nitrogens with zero attached hydrogens (tertiary/aromatic N) is 4. The van der Waals surface area contributed by atoms with Gasteiger partial charge in [0.05, 0.1) is 24.9 Å². The van der Waals surface area contributed by atoms with E-state index in [0.29, 0.717) is 32.6 Å². The quantitative estimate of drug-likeness (QED) is 0.719. The highest BCUT2D eigenvalue weighted by molar-refractivity contribution is 5.78. The SMILES string of the molecule is O=C(CN1CCC(O)(Cn2ccnn2)C1)NCCC1=CCCCC1. The van der Waals surface area contributed by atoms with Gasteiger partial charge in [0.1, 0.15) is 0 Å². The molecule has 1 atom stereocenters. The molecule has 0 saturated carbocycles. The van der Waals surface area contributed by atoms with E-state index in [1.807, 2.05) is 4.90 Å². The zero-order valence-electron chi connectivity index (χ0n) is 14.2. The number of nitrogens with one attached hydrogen (secondary N) is 1. The fourth-order valence-corrected chi connectivity index (χ4v) is 3.58. The zero-order valence-corrected chi connectivity index (χ0v) is 14.2. The van der Waals surface area contributed by atoms with Crippen LogP contribution in [0.1, 0.15) is 38.5 Å². The van der Waals surface area contributed by atoms with Gasteiger partial charge < -0.3 is 10.4 Å². The average Bonchev–Trinajstić information content (AvgIpc) is 3.19. The van der Waals surface area contributed by atoms with Gasteiger partial charge in [0, 0.05) is 25.8 Å². The van der Waals surface area contributed by atoms with Crippen molar-refractivity contribution >= 4 is 5.91 Å². The number of β-amino-alcohol motifs (C(OH)–C–C–N with tert-alkyl or cyclic N) is 1. The van der Waals surface area contributed by atoms with E-state index in [9.17, 15) is 9.90 Å². The van der Waals surface area contributed by atoms with E-state index in [1.165, 1.54) is 31.3 Å². The number of hydrogen-bond donors (Lipinski definition) is 2. The molecule has 1 aromatic rings. The van der Waals surface area contributed by atoms with E-state index >= 15 is 0 Å². The van der Waals surface area contributed by atoms with Gasteiger partial charge in [-0.25, -0.2) is 4.68 Å². The van der Waals surface area contributed by atoms with Gasteiger partial charge in [0.2, 0.25) is 5.91 Å².